The minimum absolute atomic E-state index is 0.114. The number of hydrogen-bond donors (Lipinski definition) is 1. The lowest BCUT2D eigenvalue weighted by Crippen LogP contribution is -2.23. The van der Waals surface area contributed by atoms with Gasteiger partial charge >= 0.3 is 0 Å². The van der Waals surface area contributed by atoms with E-state index in [1.54, 1.807) is 6.07 Å². The van der Waals surface area contributed by atoms with Gasteiger partial charge in [-0.25, -0.2) is 4.39 Å². The number of benzene rings is 1. The third kappa shape index (κ3) is 2.62. The molecule has 0 spiro atoms. The van der Waals surface area contributed by atoms with E-state index < -0.39 is 0 Å². The SMILES string of the molecule is CNCC(c1cccc(F)c1)C1CCCC1. The molecule has 1 saturated carbocycles. The molecular weight excluding hydrogens is 201 g/mol. The molecule has 0 heterocycles. The van der Waals surface area contributed by atoms with Gasteiger partial charge in [0.05, 0.1) is 0 Å². The Morgan fingerprint density at radius 1 is 1.38 bits per heavy atom. The molecule has 2 heteroatoms. The molecule has 0 bridgehead atoms. The first-order chi connectivity index (χ1) is 7.81. The number of halogens is 1. The van der Waals surface area contributed by atoms with Crippen molar-refractivity contribution in [2.45, 2.75) is 31.6 Å². The second-order valence-electron chi connectivity index (χ2n) is 4.76. The average molecular weight is 221 g/mol. The van der Waals surface area contributed by atoms with Crippen molar-refractivity contribution in [3.63, 3.8) is 0 Å². The van der Waals surface area contributed by atoms with Gasteiger partial charge in [0.2, 0.25) is 0 Å². The maximum absolute atomic E-state index is 13.2. The number of likely N-dealkylation sites (N-methyl/N-ethyl adjacent to an activating group) is 1. The summed E-state index contributed by atoms with van der Waals surface area (Å²) >= 11 is 0. The largest absolute Gasteiger partial charge is 0.319 e. The van der Waals surface area contributed by atoms with Gasteiger partial charge in [0.25, 0.3) is 0 Å². The van der Waals surface area contributed by atoms with E-state index in [4.69, 9.17) is 0 Å². The van der Waals surface area contributed by atoms with Gasteiger partial charge in [0.15, 0.2) is 0 Å². The number of hydrogen-bond acceptors (Lipinski definition) is 1. The Hall–Kier alpha value is -0.890. The van der Waals surface area contributed by atoms with E-state index in [-0.39, 0.29) is 5.82 Å². The van der Waals surface area contributed by atoms with Gasteiger partial charge in [0.1, 0.15) is 5.82 Å². The van der Waals surface area contributed by atoms with Crippen LogP contribution in [-0.4, -0.2) is 13.6 Å². The Balaban J connectivity index is 2.17. The van der Waals surface area contributed by atoms with Crippen LogP contribution in [0.25, 0.3) is 0 Å². The van der Waals surface area contributed by atoms with E-state index in [0.717, 1.165) is 18.0 Å². The third-order valence-electron chi connectivity index (χ3n) is 3.67. The molecule has 0 amide bonds. The molecule has 0 saturated heterocycles. The van der Waals surface area contributed by atoms with E-state index in [1.807, 2.05) is 13.1 Å². The van der Waals surface area contributed by atoms with Crippen molar-refractivity contribution in [2.24, 2.45) is 5.92 Å². The zero-order valence-corrected chi connectivity index (χ0v) is 9.88. The molecule has 1 aliphatic rings. The second-order valence-corrected chi connectivity index (χ2v) is 4.76. The van der Waals surface area contributed by atoms with Crippen LogP contribution in [-0.2, 0) is 0 Å². The Bertz CT molecular complexity index is 331. The molecule has 88 valence electrons. The Morgan fingerprint density at radius 2 is 2.12 bits per heavy atom. The van der Waals surface area contributed by atoms with Crippen LogP contribution in [0, 0.1) is 11.7 Å². The normalized spacial score (nSPS) is 18.9. The van der Waals surface area contributed by atoms with Crippen molar-refractivity contribution in [1.29, 1.82) is 0 Å². The fraction of sp³-hybridized carbons (Fsp3) is 0.571. The van der Waals surface area contributed by atoms with Crippen LogP contribution < -0.4 is 5.32 Å². The zero-order chi connectivity index (χ0) is 11.4. The molecular formula is C14H20FN. The highest BCUT2D eigenvalue weighted by Crippen LogP contribution is 2.37. The van der Waals surface area contributed by atoms with Gasteiger partial charge in [0, 0.05) is 6.54 Å². The summed E-state index contributed by atoms with van der Waals surface area (Å²) < 4.78 is 13.2. The smallest absolute Gasteiger partial charge is 0.123 e. The van der Waals surface area contributed by atoms with E-state index in [1.165, 1.54) is 31.7 Å². The molecule has 1 N–H and O–H groups in total. The molecule has 1 aromatic rings. The topological polar surface area (TPSA) is 12.0 Å². The summed E-state index contributed by atoms with van der Waals surface area (Å²) in [5.74, 6) is 1.09. The number of nitrogens with one attached hydrogen (secondary N) is 1. The maximum Gasteiger partial charge on any atom is 0.123 e. The first kappa shape index (κ1) is 11.6. The van der Waals surface area contributed by atoms with Crippen molar-refractivity contribution < 1.29 is 4.39 Å². The monoisotopic (exact) mass is 221 g/mol. The van der Waals surface area contributed by atoms with E-state index >= 15 is 0 Å². The lowest BCUT2D eigenvalue weighted by molar-refractivity contribution is 0.420. The first-order valence-corrected chi connectivity index (χ1v) is 6.21. The van der Waals surface area contributed by atoms with E-state index in [2.05, 4.69) is 11.4 Å². The van der Waals surface area contributed by atoms with Gasteiger partial charge < -0.3 is 5.32 Å². The molecule has 2 rings (SSSR count). The Morgan fingerprint density at radius 3 is 2.75 bits per heavy atom. The molecule has 1 fully saturated rings. The minimum Gasteiger partial charge on any atom is -0.319 e. The molecule has 0 aliphatic heterocycles. The highest BCUT2D eigenvalue weighted by Gasteiger charge is 2.25. The average Bonchev–Trinajstić information content (AvgIpc) is 2.79. The molecule has 16 heavy (non-hydrogen) atoms. The molecule has 0 radical (unpaired) electrons. The van der Waals surface area contributed by atoms with Gasteiger partial charge in [-0.3, -0.25) is 0 Å². The van der Waals surface area contributed by atoms with Crippen LogP contribution in [0.5, 0.6) is 0 Å². The second kappa shape index (κ2) is 5.44. The maximum atomic E-state index is 13.2. The standard InChI is InChI=1S/C14H20FN/c1-16-10-14(11-5-2-3-6-11)12-7-4-8-13(15)9-12/h4,7-9,11,14,16H,2-3,5-6,10H2,1H3. The van der Waals surface area contributed by atoms with Crippen LogP contribution >= 0.6 is 0 Å². The van der Waals surface area contributed by atoms with Crippen molar-refractivity contribution in [1.82, 2.24) is 5.32 Å². The highest BCUT2D eigenvalue weighted by atomic mass is 19.1. The van der Waals surface area contributed by atoms with Gasteiger partial charge in [-0.15, -0.1) is 0 Å². The van der Waals surface area contributed by atoms with Crippen molar-refractivity contribution in [3.8, 4) is 0 Å². The van der Waals surface area contributed by atoms with Crippen LogP contribution in [0.1, 0.15) is 37.2 Å². The lowest BCUT2D eigenvalue weighted by Gasteiger charge is -2.23. The van der Waals surface area contributed by atoms with Crippen molar-refractivity contribution in [2.75, 3.05) is 13.6 Å². The summed E-state index contributed by atoms with van der Waals surface area (Å²) in [4.78, 5) is 0. The molecule has 0 aromatic heterocycles. The minimum atomic E-state index is -0.114. The summed E-state index contributed by atoms with van der Waals surface area (Å²) in [5, 5.41) is 3.24. The first-order valence-electron chi connectivity index (χ1n) is 6.21. The lowest BCUT2D eigenvalue weighted by atomic mass is 9.85. The van der Waals surface area contributed by atoms with E-state index in [0.29, 0.717) is 5.92 Å². The third-order valence-corrected chi connectivity index (χ3v) is 3.67. The fourth-order valence-electron chi connectivity index (χ4n) is 2.87. The van der Waals surface area contributed by atoms with Crippen LogP contribution in [0.3, 0.4) is 0 Å². The quantitative estimate of drug-likeness (QED) is 0.822. The van der Waals surface area contributed by atoms with Crippen molar-refractivity contribution in [3.05, 3.63) is 35.6 Å². The summed E-state index contributed by atoms with van der Waals surface area (Å²) in [6.07, 6.45) is 5.26. The zero-order valence-electron chi connectivity index (χ0n) is 9.88. The number of rotatable bonds is 4. The Kier molecular flexibility index (Phi) is 3.94. The molecule has 1 nitrogen and oxygen atoms in total. The van der Waals surface area contributed by atoms with E-state index in [9.17, 15) is 4.39 Å². The molecule has 1 aromatic carbocycles. The van der Waals surface area contributed by atoms with Gasteiger partial charge in [-0.1, -0.05) is 25.0 Å². The predicted octanol–water partition coefficient (Wildman–Crippen LogP) is 3.32. The molecule has 1 unspecified atom stereocenters. The molecule has 1 aliphatic carbocycles. The summed E-state index contributed by atoms with van der Waals surface area (Å²) in [6.45, 7) is 0.952. The predicted molar refractivity (Wildman–Crippen MR) is 65.0 cm³/mol. The summed E-state index contributed by atoms with van der Waals surface area (Å²) in [5.41, 5.74) is 1.15. The summed E-state index contributed by atoms with van der Waals surface area (Å²) in [6, 6.07) is 7.10. The summed E-state index contributed by atoms with van der Waals surface area (Å²) in [7, 11) is 1.97. The Labute approximate surface area is 97.1 Å². The van der Waals surface area contributed by atoms with Crippen LogP contribution in [0.15, 0.2) is 24.3 Å². The van der Waals surface area contributed by atoms with Gasteiger partial charge in [-0.2, -0.15) is 0 Å². The van der Waals surface area contributed by atoms with Gasteiger partial charge in [-0.05, 0) is 49.4 Å². The van der Waals surface area contributed by atoms with Crippen LogP contribution in [0.4, 0.5) is 4.39 Å². The van der Waals surface area contributed by atoms with Crippen LogP contribution in [0.2, 0.25) is 0 Å². The highest BCUT2D eigenvalue weighted by molar-refractivity contribution is 5.22. The van der Waals surface area contributed by atoms with Crippen molar-refractivity contribution >= 4 is 0 Å². The fourth-order valence-corrected chi connectivity index (χ4v) is 2.87. The molecule has 1 atom stereocenters.